The Morgan fingerprint density at radius 2 is 1.96 bits per heavy atom. The first-order chi connectivity index (χ1) is 11.9. The van der Waals surface area contributed by atoms with Gasteiger partial charge in [0.25, 0.3) is 10.2 Å². The molecule has 7 nitrogen and oxygen atoms in total. The van der Waals surface area contributed by atoms with Crippen molar-refractivity contribution in [3.63, 3.8) is 0 Å². The molecule has 2 aliphatic heterocycles. The molecule has 2 atom stereocenters. The summed E-state index contributed by atoms with van der Waals surface area (Å²) in [6.45, 7) is 1.19. The molecular weight excluding hydrogens is 351 g/mol. The molecule has 2 heterocycles. The molecule has 138 valence electrons. The lowest BCUT2D eigenvalue weighted by molar-refractivity contribution is -0.137. The maximum absolute atomic E-state index is 14.1. The molecule has 1 aromatic carbocycles. The molecule has 2 aliphatic rings. The summed E-state index contributed by atoms with van der Waals surface area (Å²) in [5.41, 5.74) is 0.428. The van der Waals surface area contributed by atoms with Crippen LogP contribution in [-0.4, -0.2) is 67.0 Å². The lowest BCUT2D eigenvalue weighted by Crippen LogP contribution is -2.50. The van der Waals surface area contributed by atoms with E-state index in [4.69, 9.17) is 9.84 Å². The van der Waals surface area contributed by atoms with Crippen LogP contribution in [0.2, 0.25) is 0 Å². The molecular formula is C16H21FN2O5S. The van der Waals surface area contributed by atoms with E-state index < -0.39 is 28.0 Å². The minimum absolute atomic E-state index is 0.0819. The first-order valence-corrected chi connectivity index (χ1v) is 9.60. The number of benzene rings is 1. The Labute approximate surface area is 146 Å². The molecule has 3 rings (SSSR count). The number of carboxylic acids is 1. The first kappa shape index (κ1) is 18.2. The first-order valence-electron chi connectivity index (χ1n) is 8.20. The summed E-state index contributed by atoms with van der Waals surface area (Å²) in [5.74, 6) is -1.82. The Morgan fingerprint density at radius 3 is 2.60 bits per heavy atom. The highest BCUT2D eigenvalue weighted by Crippen LogP contribution is 2.37. The summed E-state index contributed by atoms with van der Waals surface area (Å²) in [6, 6.07) is 5.55. The van der Waals surface area contributed by atoms with Gasteiger partial charge >= 0.3 is 5.97 Å². The van der Waals surface area contributed by atoms with Crippen molar-refractivity contribution in [1.82, 2.24) is 8.61 Å². The number of ether oxygens (including phenoxy) is 1. The van der Waals surface area contributed by atoms with E-state index in [1.807, 2.05) is 0 Å². The van der Waals surface area contributed by atoms with Crippen LogP contribution in [0.4, 0.5) is 4.39 Å². The van der Waals surface area contributed by atoms with Gasteiger partial charge in [-0.15, -0.1) is 0 Å². The van der Waals surface area contributed by atoms with Crippen LogP contribution in [0, 0.1) is 5.82 Å². The Bertz CT molecular complexity index is 736. The van der Waals surface area contributed by atoms with Gasteiger partial charge in [-0.1, -0.05) is 18.2 Å². The van der Waals surface area contributed by atoms with Gasteiger partial charge in [-0.05, 0) is 18.1 Å². The quantitative estimate of drug-likeness (QED) is 0.834. The third-order valence-corrected chi connectivity index (χ3v) is 6.77. The van der Waals surface area contributed by atoms with Crippen molar-refractivity contribution >= 4 is 16.2 Å². The third-order valence-electron chi connectivity index (χ3n) is 4.71. The van der Waals surface area contributed by atoms with E-state index in [1.165, 1.54) is 14.7 Å². The second-order valence-electron chi connectivity index (χ2n) is 6.29. The SMILES string of the molecule is O=C(O)CC1CC(c2ccccc2F)CN1S(=O)(=O)N1CCOCC1. The topological polar surface area (TPSA) is 87.2 Å². The molecule has 25 heavy (non-hydrogen) atoms. The second-order valence-corrected chi connectivity index (χ2v) is 8.18. The zero-order chi connectivity index (χ0) is 18.0. The fourth-order valence-electron chi connectivity index (χ4n) is 3.51. The summed E-state index contributed by atoms with van der Waals surface area (Å²) in [7, 11) is -3.81. The van der Waals surface area contributed by atoms with Crippen molar-refractivity contribution in [2.24, 2.45) is 0 Å². The smallest absolute Gasteiger partial charge is 0.304 e. The Balaban J connectivity index is 1.87. The maximum atomic E-state index is 14.1. The van der Waals surface area contributed by atoms with Gasteiger partial charge < -0.3 is 9.84 Å². The fraction of sp³-hybridized carbons (Fsp3) is 0.562. The van der Waals surface area contributed by atoms with Crippen LogP contribution in [0.25, 0.3) is 0 Å². The van der Waals surface area contributed by atoms with E-state index in [1.54, 1.807) is 18.2 Å². The molecule has 1 aromatic rings. The van der Waals surface area contributed by atoms with Crippen LogP contribution >= 0.6 is 0 Å². The van der Waals surface area contributed by atoms with Crippen LogP contribution in [0.3, 0.4) is 0 Å². The predicted octanol–water partition coefficient (Wildman–Crippen LogP) is 1.04. The number of halogens is 1. The summed E-state index contributed by atoms with van der Waals surface area (Å²) in [4.78, 5) is 11.2. The van der Waals surface area contributed by atoms with Crippen molar-refractivity contribution in [2.75, 3.05) is 32.8 Å². The van der Waals surface area contributed by atoms with Gasteiger partial charge in [0.05, 0.1) is 19.6 Å². The number of rotatable bonds is 5. The highest BCUT2D eigenvalue weighted by Gasteiger charge is 2.44. The van der Waals surface area contributed by atoms with Crippen LogP contribution in [0.15, 0.2) is 24.3 Å². The van der Waals surface area contributed by atoms with Gasteiger partial charge in [0, 0.05) is 31.6 Å². The number of aliphatic carboxylic acids is 1. The normalized spacial score (nSPS) is 26.0. The monoisotopic (exact) mass is 372 g/mol. The standard InChI is InChI=1S/C16H21FN2O5S/c17-15-4-2-1-3-14(15)12-9-13(10-16(20)21)19(11-12)25(22,23)18-5-7-24-8-6-18/h1-4,12-13H,5-11H2,(H,20,21). The lowest BCUT2D eigenvalue weighted by atomic mass is 9.95. The van der Waals surface area contributed by atoms with Crippen molar-refractivity contribution in [1.29, 1.82) is 0 Å². The zero-order valence-electron chi connectivity index (χ0n) is 13.7. The summed E-state index contributed by atoms with van der Waals surface area (Å²) in [6.07, 6.45) is -0.00861. The molecule has 0 aromatic heterocycles. The average molecular weight is 372 g/mol. The highest BCUT2D eigenvalue weighted by molar-refractivity contribution is 7.86. The molecule has 0 radical (unpaired) electrons. The fourth-order valence-corrected chi connectivity index (χ4v) is 5.33. The maximum Gasteiger partial charge on any atom is 0.304 e. The van der Waals surface area contributed by atoms with E-state index >= 15 is 0 Å². The Hall–Kier alpha value is -1.55. The summed E-state index contributed by atoms with van der Waals surface area (Å²) in [5, 5.41) is 9.15. The number of morpholine rings is 1. The molecule has 2 saturated heterocycles. The lowest BCUT2D eigenvalue weighted by Gasteiger charge is -2.32. The molecule has 0 amide bonds. The van der Waals surface area contributed by atoms with Gasteiger partial charge in [0.2, 0.25) is 0 Å². The van der Waals surface area contributed by atoms with Gasteiger partial charge in [0.15, 0.2) is 0 Å². The number of carbonyl (C=O) groups is 1. The summed E-state index contributed by atoms with van der Waals surface area (Å²) < 4.78 is 47.7. The molecule has 0 spiro atoms. The molecule has 2 fully saturated rings. The van der Waals surface area contributed by atoms with E-state index in [0.717, 1.165) is 0 Å². The van der Waals surface area contributed by atoms with E-state index in [0.29, 0.717) is 18.8 Å². The Kier molecular flexibility index (Phi) is 5.38. The molecule has 9 heteroatoms. The van der Waals surface area contributed by atoms with Crippen molar-refractivity contribution in [3.8, 4) is 0 Å². The molecule has 0 saturated carbocycles. The van der Waals surface area contributed by atoms with Gasteiger partial charge in [-0.3, -0.25) is 4.79 Å². The summed E-state index contributed by atoms with van der Waals surface area (Å²) >= 11 is 0. The van der Waals surface area contributed by atoms with E-state index in [-0.39, 0.29) is 38.4 Å². The third kappa shape index (κ3) is 3.84. The zero-order valence-corrected chi connectivity index (χ0v) is 14.5. The van der Waals surface area contributed by atoms with E-state index in [9.17, 15) is 17.6 Å². The van der Waals surface area contributed by atoms with Crippen LogP contribution in [0.1, 0.15) is 24.3 Å². The number of nitrogens with zero attached hydrogens (tertiary/aromatic N) is 2. The van der Waals surface area contributed by atoms with Crippen molar-refractivity contribution < 1.29 is 27.4 Å². The molecule has 1 N–H and O–H groups in total. The van der Waals surface area contributed by atoms with E-state index in [2.05, 4.69) is 0 Å². The molecule has 0 aliphatic carbocycles. The van der Waals surface area contributed by atoms with Crippen LogP contribution < -0.4 is 0 Å². The van der Waals surface area contributed by atoms with Crippen LogP contribution in [-0.2, 0) is 19.7 Å². The average Bonchev–Trinajstić information content (AvgIpc) is 2.99. The van der Waals surface area contributed by atoms with Gasteiger partial charge in [-0.25, -0.2) is 4.39 Å². The number of hydrogen-bond donors (Lipinski definition) is 1. The number of carboxylic acid groups (broad SMARTS) is 1. The van der Waals surface area contributed by atoms with Gasteiger partial charge in [-0.2, -0.15) is 17.0 Å². The highest BCUT2D eigenvalue weighted by atomic mass is 32.2. The van der Waals surface area contributed by atoms with Crippen LogP contribution in [0.5, 0.6) is 0 Å². The van der Waals surface area contributed by atoms with Crippen molar-refractivity contribution in [2.45, 2.75) is 24.8 Å². The molecule has 2 unspecified atom stereocenters. The van der Waals surface area contributed by atoms with Crippen molar-refractivity contribution in [3.05, 3.63) is 35.6 Å². The predicted molar refractivity (Wildman–Crippen MR) is 87.8 cm³/mol. The largest absolute Gasteiger partial charge is 0.481 e. The van der Waals surface area contributed by atoms with Gasteiger partial charge in [0.1, 0.15) is 5.82 Å². The Morgan fingerprint density at radius 1 is 1.28 bits per heavy atom. The minimum atomic E-state index is -3.81. The second kappa shape index (κ2) is 7.36. The number of hydrogen-bond acceptors (Lipinski definition) is 4. The minimum Gasteiger partial charge on any atom is -0.481 e. The molecule has 0 bridgehead atoms.